The lowest BCUT2D eigenvalue weighted by Gasteiger charge is -2.26. The maximum atomic E-state index is 13.0. The summed E-state index contributed by atoms with van der Waals surface area (Å²) in [5.74, 6) is 1.42. The zero-order chi connectivity index (χ0) is 22.0. The third-order valence-electron chi connectivity index (χ3n) is 4.15. The van der Waals surface area contributed by atoms with E-state index in [1.54, 1.807) is 31.2 Å². The minimum absolute atomic E-state index is 0.103. The molecule has 1 fully saturated rings. The highest BCUT2D eigenvalue weighted by atomic mass is 127. The van der Waals surface area contributed by atoms with Crippen LogP contribution in [0, 0.1) is 22.8 Å². The molecule has 1 aliphatic rings. The number of terminal acetylenes is 1. The molecule has 0 aliphatic carbocycles. The molecule has 4 amide bonds. The van der Waals surface area contributed by atoms with E-state index >= 15 is 0 Å². The fourth-order valence-corrected chi connectivity index (χ4v) is 4.64. The lowest BCUT2D eigenvalue weighted by molar-refractivity contribution is -0.122. The monoisotopic (exact) mass is 598 g/mol. The Labute approximate surface area is 199 Å². The summed E-state index contributed by atoms with van der Waals surface area (Å²) in [7, 11) is 0. The molecule has 9 heteroatoms. The molecule has 0 aromatic heterocycles. The average molecular weight is 600 g/mol. The molecule has 152 valence electrons. The van der Waals surface area contributed by atoms with Crippen molar-refractivity contribution in [1.29, 1.82) is 0 Å². The standard InChI is InChI=1S/C21H13BrClIN2O4/c1-3-6-30-18-15(22)8-12(9-17(18)24)7-14-19(27)25-21(29)26(20(14)28)13-5-4-11(2)16(23)10-13/h1,4-5,7-10H,6H2,2H3,(H,25,27,29)/b14-7-. The van der Waals surface area contributed by atoms with Crippen LogP contribution in [-0.2, 0) is 9.59 Å². The van der Waals surface area contributed by atoms with Crippen LogP contribution in [0.2, 0.25) is 5.02 Å². The number of rotatable bonds is 4. The summed E-state index contributed by atoms with van der Waals surface area (Å²) in [6.07, 6.45) is 6.63. The number of anilines is 1. The SMILES string of the molecule is C#CCOc1c(Br)cc(/C=C2/C(=O)NC(=O)N(c3ccc(C)c(Cl)c3)C2=O)cc1I. The molecule has 30 heavy (non-hydrogen) atoms. The van der Waals surface area contributed by atoms with Gasteiger partial charge in [0, 0.05) is 5.02 Å². The number of barbiturate groups is 1. The van der Waals surface area contributed by atoms with E-state index in [-0.39, 0.29) is 17.9 Å². The Morgan fingerprint density at radius 3 is 2.67 bits per heavy atom. The van der Waals surface area contributed by atoms with Gasteiger partial charge in [0.05, 0.1) is 13.7 Å². The Bertz CT molecular complexity index is 1130. The van der Waals surface area contributed by atoms with Crippen molar-refractivity contribution in [2.45, 2.75) is 6.92 Å². The molecule has 6 nitrogen and oxygen atoms in total. The van der Waals surface area contributed by atoms with Gasteiger partial charge in [0.1, 0.15) is 17.9 Å². The minimum atomic E-state index is -0.837. The summed E-state index contributed by atoms with van der Waals surface area (Å²) in [5, 5.41) is 2.59. The van der Waals surface area contributed by atoms with Crippen molar-refractivity contribution in [1.82, 2.24) is 5.32 Å². The number of nitrogens with one attached hydrogen (secondary N) is 1. The zero-order valence-corrected chi connectivity index (χ0v) is 20.0. The molecular weight excluding hydrogens is 587 g/mol. The number of urea groups is 1. The van der Waals surface area contributed by atoms with Gasteiger partial charge in [-0.2, -0.15) is 0 Å². The largest absolute Gasteiger partial charge is 0.479 e. The van der Waals surface area contributed by atoms with E-state index < -0.39 is 17.8 Å². The first-order chi connectivity index (χ1) is 14.2. The Morgan fingerprint density at radius 2 is 2.03 bits per heavy atom. The van der Waals surface area contributed by atoms with Crippen molar-refractivity contribution in [2.75, 3.05) is 11.5 Å². The van der Waals surface area contributed by atoms with Gasteiger partial charge < -0.3 is 4.74 Å². The fraction of sp³-hybridized carbons (Fsp3) is 0.0952. The summed E-state index contributed by atoms with van der Waals surface area (Å²) >= 11 is 11.6. The second-order valence-corrected chi connectivity index (χ2v) is 8.62. The highest BCUT2D eigenvalue weighted by Crippen LogP contribution is 2.33. The zero-order valence-electron chi connectivity index (χ0n) is 15.5. The first-order valence-electron chi connectivity index (χ1n) is 8.46. The molecule has 0 spiro atoms. The summed E-state index contributed by atoms with van der Waals surface area (Å²) in [4.78, 5) is 38.6. The topological polar surface area (TPSA) is 75.7 Å². The van der Waals surface area contributed by atoms with Gasteiger partial charge in [-0.25, -0.2) is 9.69 Å². The quantitative estimate of drug-likeness (QED) is 0.240. The van der Waals surface area contributed by atoms with Gasteiger partial charge in [-0.3, -0.25) is 14.9 Å². The second-order valence-electron chi connectivity index (χ2n) is 6.20. The predicted octanol–water partition coefficient (Wildman–Crippen LogP) is 4.69. The van der Waals surface area contributed by atoms with Gasteiger partial charge in [-0.05, 0) is 86.9 Å². The van der Waals surface area contributed by atoms with Crippen molar-refractivity contribution in [3.05, 3.63) is 60.1 Å². The van der Waals surface area contributed by atoms with Crippen LogP contribution in [0.15, 0.2) is 40.4 Å². The summed E-state index contributed by atoms with van der Waals surface area (Å²) < 4.78 is 6.83. The van der Waals surface area contributed by atoms with Crippen LogP contribution in [0.25, 0.3) is 6.08 Å². The lowest BCUT2D eigenvalue weighted by Crippen LogP contribution is -2.54. The molecule has 1 heterocycles. The van der Waals surface area contributed by atoms with Crippen LogP contribution >= 0.6 is 50.1 Å². The number of hydrogen-bond acceptors (Lipinski definition) is 4. The molecule has 0 radical (unpaired) electrons. The predicted molar refractivity (Wildman–Crippen MR) is 126 cm³/mol. The maximum Gasteiger partial charge on any atom is 0.335 e. The molecule has 0 atom stereocenters. The van der Waals surface area contributed by atoms with Crippen LogP contribution in [0.4, 0.5) is 10.5 Å². The molecule has 0 unspecified atom stereocenters. The van der Waals surface area contributed by atoms with E-state index in [9.17, 15) is 14.4 Å². The van der Waals surface area contributed by atoms with Crippen molar-refractivity contribution >= 4 is 79.7 Å². The Hall–Kier alpha value is -2.35. The third-order valence-corrected chi connectivity index (χ3v) is 5.94. The smallest absolute Gasteiger partial charge is 0.335 e. The molecule has 1 N–H and O–H groups in total. The van der Waals surface area contributed by atoms with Gasteiger partial charge in [-0.15, -0.1) is 6.42 Å². The Kier molecular flexibility index (Phi) is 6.85. The number of ether oxygens (including phenoxy) is 1. The molecular formula is C21H13BrClIN2O4. The molecule has 3 rings (SSSR count). The number of hydrogen-bond donors (Lipinski definition) is 1. The van der Waals surface area contributed by atoms with Gasteiger partial charge >= 0.3 is 6.03 Å². The summed E-state index contributed by atoms with van der Waals surface area (Å²) in [6, 6.07) is 7.35. The summed E-state index contributed by atoms with van der Waals surface area (Å²) in [5.41, 5.74) is 1.43. The number of halogens is 3. The number of aryl methyl sites for hydroxylation is 1. The molecule has 2 aromatic carbocycles. The van der Waals surface area contributed by atoms with E-state index in [1.165, 1.54) is 12.1 Å². The van der Waals surface area contributed by atoms with Crippen LogP contribution in [-0.4, -0.2) is 24.5 Å². The highest BCUT2D eigenvalue weighted by molar-refractivity contribution is 14.1. The van der Waals surface area contributed by atoms with Crippen molar-refractivity contribution < 1.29 is 19.1 Å². The third kappa shape index (κ3) is 4.53. The van der Waals surface area contributed by atoms with E-state index in [0.717, 1.165) is 14.0 Å². The molecule has 0 saturated carbocycles. The van der Waals surface area contributed by atoms with Crippen LogP contribution in [0.5, 0.6) is 5.75 Å². The van der Waals surface area contributed by atoms with E-state index in [1.807, 2.05) is 0 Å². The average Bonchev–Trinajstić information content (AvgIpc) is 2.67. The fourth-order valence-electron chi connectivity index (χ4n) is 2.69. The van der Waals surface area contributed by atoms with Crippen molar-refractivity contribution in [3.63, 3.8) is 0 Å². The van der Waals surface area contributed by atoms with Gasteiger partial charge in [0.25, 0.3) is 11.8 Å². The van der Waals surface area contributed by atoms with Crippen LogP contribution < -0.4 is 15.0 Å². The summed E-state index contributed by atoms with van der Waals surface area (Å²) in [6.45, 7) is 1.90. The highest BCUT2D eigenvalue weighted by Gasteiger charge is 2.37. The number of carbonyl (C=O) groups is 3. The Balaban J connectivity index is 2.00. The number of amides is 4. The van der Waals surface area contributed by atoms with Crippen molar-refractivity contribution in [2.24, 2.45) is 0 Å². The molecule has 1 aliphatic heterocycles. The van der Waals surface area contributed by atoms with Gasteiger partial charge in [0.2, 0.25) is 0 Å². The molecule has 1 saturated heterocycles. The van der Waals surface area contributed by atoms with Gasteiger partial charge in [0.15, 0.2) is 0 Å². The maximum absolute atomic E-state index is 13.0. The van der Waals surface area contributed by atoms with Gasteiger partial charge in [-0.1, -0.05) is 23.6 Å². The first kappa shape index (κ1) is 22.3. The lowest BCUT2D eigenvalue weighted by atomic mass is 10.1. The number of benzene rings is 2. The van der Waals surface area contributed by atoms with E-state index in [4.69, 9.17) is 22.8 Å². The Morgan fingerprint density at radius 1 is 1.30 bits per heavy atom. The number of imide groups is 2. The number of carbonyl (C=O) groups excluding carboxylic acids is 3. The normalized spacial score (nSPS) is 15.2. The molecule has 2 aromatic rings. The number of nitrogens with zero attached hydrogens (tertiary/aromatic N) is 1. The van der Waals surface area contributed by atoms with E-state index in [2.05, 4.69) is 49.8 Å². The second kappa shape index (κ2) is 9.20. The van der Waals surface area contributed by atoms with Crippen molar-refractivity contribution in [3.8, 4) is 18.1 Å². The molecule has 0 bridgehead atoms. The minimum Gasteiger partial charge on any atom is -0.479 e. The van der Waals surface area contributed by atoms with Crippen LogP contribution in [0.1, 0.15) is 11.1 Å². The first-order valence-corrected chi connectivity index (χ1v) is 10.7. The van der Waals surface area contributed by atoms with E-state index in [0.29, 0.717) is 20.8 Å². The van der Waals surface area contributed by atoms with Crippen LogP contribution in [0.3, 0.4) is 0 Å².